The van der Waals surface area contributed by atoms with E-state index in [2.05, 4.69) is 19.9 Å². The summed E-state index contributed by atoms with van der Waals surface area (Å²) >= 11 is 0. The average Bonchev–Trinajstić information content (AvgIpc) is 2.32. The van der Waals surface area contributed by atoms with E-state index in [1.54, 1.807) is 0 Å². The topological polar surface area (TPSA) is 26.3 Å². The zero-order chi connectivity index (χ0) is 13.3. The van der Waals surface area contributed by atoms with Crippen LogP contribution in [-0.2, 0) is 16.0 Å². The van der Waals surface area contributed by atoms with Crippen molar-refractivity contribution in [3.8, 4) is 0 Å². The SMILES string of the molecule is CC.CCOC(=O)Cc1ccccc1C(C)C. The fourth-order valence-corrected chi connectivity index (χ4v) is 1.63. The van der Waals surface area contributed by atoms with Crippen LogP contribution in [0.2, 0.25) is 0 Å². The second kappa shape index (κ2) is 8.80. The van der Waals surface area contributed by atoms with Crippen molar-refractivity contribution < 1.29 is 9.53 Å². The van der Waals surface area contributed by atoms with E-state index in [0.29, 0.717) is 18.9 Å². The Bertz CT molecular complexity index is 329. The first-order valence-electron chi connectivity index (χ1n) is 6.38. The summed E-state index contributed by atoms with van der Waals surface area (Å²) in [7, 11) is 0. The predicted octanol–water partition coefficient (Wildman–Crippen LogP) is 3.94. The minimum atomic E-state index is -0.148. The van der Waals surface area contributed by atoms with Crippen molar-refractivity contribution in [2.45, 2.75) is 47.0 Å². The highest BCUT2D eigenvalue weighted by Gasteiger charge is 2.10. The van der Waals surface area contributed by atoms with Crippen LogP contribution in [0.15, 0.2) is 24.3 Å². The smallest absolute Gasteiger partial charge is 0.310 e. The summed E-state index contributed by atoms with van der Waals surface area (Å²) in [4.78, 5) is 11.4. The van der Waals surface area contributed by atoms with E-state index in [9.17, 15) is 4.79 Å². The molecule has 17 heavy (non-hydrogen) atoms. The zero-order valence-corrected chi connectivity index (χ0v) is 11.6. The summed E-state index contributed by atoms with van der Waals surface area (Å²) in [6.07, 6.45) is 0.377. The van der Waals surface area contributed by atoms with Gasteiger partial charge in [0.15, 0.2) is 0 Å². The second-order valence-electron chi connectivity index (χ2n) is 3.84. The highest BCUT2D eigenvalue weighted by molar-refractivity contribution is 5.73. The fraction of sp³-hybridized carbons (Fsp3) is 0.533. The number of ether oxygens (including phenoxy) is 1. The molecule has 0 aromatic heterocycles. The Hall–Kier alpha value is -1.31. The van der Waals surface area contributed by atoms with Crippen molar-refractivity contribution in [3.05, 3.63) is 35.4 Å². The quantitative estimate of drug-likeness (QED) is 0.740. The molecule has 0 fully saturated rings. The first kappa shape index (κ1) is 15.7. The second-order valence-corrected chi connectivity index (χ2v) is 3.84. The molecule has 0 atom stereocenters. The van der Waals surface area contributed by atoms with Gasteiger partial charge in [0.05, 0.1) is 13.0 Å². The molecule has 0 radical (unpaired) electrons. The highest BCUT2D eigenvalue weighted by atomic mass is 16.5. The molecule has 0 aliphatic rings. The molecule has 2 nitrogen and oxygen atoms in total. The molecule has 0 N–H and O–H groups in total. The summed E-state index contributed by atoms with van der Waals surface area (Å²) in [5, 5.41) is 0. The van der Waals surface area contributed by atoms with E-state index in [1.165, 1.54) is 5.56 Å². The molecule has 0 unspecified atom stereocenters. The van der Waals surface area contributed by atoms with Gasteiger partial charge in [-0.05, 0) is 24.0 Å². The number of rotatable bonds is 4. The van der Waals surface area contributed by atoms with Crippen LogP contribution in [0.4, 0.5) is 0 Å². The Kier molecular flexibility index (Phi) is 8.12. The number of carbonyl (C=O) groups excluding carboxylic acids is 1. The van der Waals surface area contributed by atoms with E-state index in [0.717, 1.165) is 5.56 Å². The van der Waals surface area contributed by atoms with Crippen LogP contribution < -0.4 is 0 Å². The molecule has 1 aromatic rings. The van der Waals surface area contributed by atoms with Gasteiger partial charge in [0.25, 0.3) is 0 Å². The lowest BCUT2D eigenvalue weighted by atomic mass is 9.95. The number of esters is 1. The van der Waals surface area contributed by atoms with E-state index in [-0.39, 0.29) is 5.97 Å². The van der Waals surface area contributed by atoms with Gasteiger partial charge in [-0.3, -0.25) is 4.79 Å². The molecule has 0 aliphatic heterocycles. The summed E-state index contributed by atoms with van der Waals surface area (Å²) in [5.74, 6) is 0.293. The van der Waals surface area contributed by atoms with Crippen molar-refractivity contribution in [2.75, 3.05) is 6.61 Å². The van der Waals surface area contributed by atoms with Gasteiger partial charge in [-0.1, -0.05) is 52.0 Å². The van der Waals surface area contributed by atoms with Crippen molar-refractivity contribution in [3.63, 3.8) is 0 Å². The maximum Gasteiger partial charge on any atom is 0.310 e. The van der Waals surface area contributed by atoms with E-state index in [4.69, 9.17) is 4.74 Å². The maximum atomic E-state index is 11.4. The Labute approximate surface area is 105 Å². The van der Waals surface area contributed by atoms with Crippen LogP contribution in [0, 0.1) is 0 Å². The van der Waals surface area contributed by atoms with Gasteiger partial charge in [0.1, 0.15) is 0 Å². The van der Waals surface area contributed by atoms with Crippen molar-refractivity contribution >= 4 is 5.97 Å². The van der Waals surface area contributed by atoms with Crippen LogP contribution in [0.5, 0.6) is 0 Å². The van der Waals surface area contributed by atoms with Gasteiger partial charge < -0.3 is 4.74 Å². The van der Waals surface area contributed by atoms with Crippen LogP contribution >= 0.6 is 0 Å². The van der Waals surface area contributed by atoms with Crippen LogP contribution in [0.25, 0.3) is 0 Å². The lowest BCUT2D eigenvalue weighted by molar-refractivity contribution is -0.142. The first-order chi connectivity index (χ1) is 8.15. The largest absolute Gasteiger partial charge is 0.466 e. The molecule has 0 saturated heterocycles. The summed E-state index contributed by atoms with van der Waals surface area (Å²) in [6, 6.07) is 8.02. The molecular weight excluding hydrogens is 212 g/mol. The van der Waals surface area contributed by atoms with E-state index >= 15 is 0 Å². The predicted molar refractivity (Wildman–Crippen MR) is 72.2 cm³/mol. The lowest BCUT2D eigenvalue weighted by Gasteiger charge is -2.11. The molecule has 2 heteroatoms. The standard InChI is InChI=1S/C13H18O2.C2H6/c1-4-15-13(14)9-11-7-5-6-8-12(11)10(2)3;1-2/h5-8,10H,4,9H2,1-3H3;1-2H3. The molecular formula is C15H24O2. The van der Waals surface area contributed by atoms with Crippen LogP contribution in [0.1, 0.15) is 51.7 Å². The van der Waals surface area contributed by atoms with Gasteiger partial charge in [0.2, 0.25) is 0 Å². The molecule has 0 heterocycles. The molecule has 1 rings (SSSR count). The fourth-order valence-electron chi connectivity index (χ4n) is 1.63. The molecule has 96 valence electrons. The molecule has 0 spiro atoms. The molecule has 1 aromatic carbocycles. The number of benzene rings is 1. The van der Waals surface area contributed by atoms with E-state index in [1.807, 2.05) is 39.0 Å². The third-order valence-electron chi connectivity index (χ3n) is 2.32. The minimum Gasteiger partial charge on any atom is -0.466 e. The first-order valence-corrected chi connectivity index (χ1v) is 6.38. The summed E-state index contributed by atoms with van der Waals surface area (Å²) in [5.41, 5.74) is 2.30. The Morgan fingerprint density at radius 3 is 2.35 bits per heavy atom. The third kappa shape index (κ3) is 5.53. The zero-order valence-electron chi connectivity index (χ0n) is 11.6. The maximum absolute atomic E-state index is 11.4. The Balaban J connectivity index is 0.00000121. The van der Waals surface area contributed by atoms with Gasteiger partial charge >= 0.3 is 5.97 Å². The van der Waals surface area contributed by atoms with Crippen LogP contribution in [-0.4, -0.2) is 12.6 Å². The molecule has 0 bridgehead atoms. The van der Waals surface area contributed by atoms with E-state index < -0.39 is 0 Å². The van der Waals surface area contributed by atoms with Gasteiger partial charge in [-0.25, -0.2) is 0 Å². The summed E-state index contributed by atoms with van der Waals surface area (Å²) in [6.45, 7) is 10.5. The minimum absolute atomic E-state index is 0.148. The van der Waals surface area contributed by atoms with Crippen molar-refractivity contribution in [1.82, 2.24) is 0 Å². The van der Waals surface area contributed by atoms with Crippen molar-refractivity contribution in [1.29, 1.82) is 0 Å². The molecule has 0 amide bonds. The molecule has 0 saturated carbocycles. The van der Waals surface area contributed by atoms with Gasteiger partial charge in [0, 0.05) is 0 Å². The number of carbonyl (C=O) groups is 1. The highest BCUT2D eigenvalue weighted by Crippen LogP contribution is 2.19. The Morgan fingerprint density at radius 2 is 1.82 bits per heavy atom. The monoisotopic (exact) mass is 236 g/mol. The number of hydrogen-bond donors (Lipinski definition) is 0. The van der Waals surface area contributed by atoms with Crippen molar-refractivity contribution in [2.24, 2.45) is 0 Å². The van der Waals surface area contributed by atoms with Crippen LogP contribution in [0.3, 0.4) is 0 Å². The Morgan fingerprint density at radius 1 is 1.24 bits per heavy atom. The number of hydrogen-bond acceptors (Lipinski definition) is 2. The van der Waals surface area contributed by atoms with Gasteiger partial charge in [-0.15, -0.1) is 0 Å². The summed E-state index contributed by atoms with van der Waals surface area (Å²) < 4.78 is 4.94. The molecule has 0 aliphatic carbocycles. The third-order valence-corrected chi connectivity index (χ3v) is 2.32. The average molecular weight is 236 g/mol. The lowest BCUT2D eigenvalue weighted by Crippen LogP contribution is -2.09. The van der Waals surface area contributed by atoms with Gasteiger partial charge in [-0.2, -0.15) is 0 Å². The normalized spacial score (nSPS) is 9.53.